The Morgan fingerprint density at radius 3 is 2.64 bits per heavy atom. The van der Waals surface area contributed by atoms with Crippen molar-refractivity contribution < 1.29 is 13.7 Å². The van der Waals surface area contributed by atoms with Crippen molar-refractivity contribution in [1.82, 2.24) is 4.72 Å². The van der Waals surface area contributed by atoms with Gasteiger partial charge in [-0.05, 0) is 38.5 Å². The quantitative estimate of drug-likeness (QED) is 0.488. The number of benzene rings is 1. The highest BCUT2D eigenvalue weighted by Crippen LogP contribution is 2.53. The highest BCUT2D eigenvalue weighted by Gasteiger charge is 2.29. The monoisotopic (exact) mass is 341 g/mol. The molecule has 22 heavy (non-hydrogen) atoms. The van der Waals surface area contributed by atoms with Crippen molar-refractivity contribution in [1.29, 1.82) is 0 Å². The van der Waals surface area contributed by atoms with Crippen LogP contribution in [-0.2, 0) is 11.4 Å². The van der Waals surface area contributed by atoms with E-state index in [0.717, 1.165) is 16.8 Å². The minimum atomic E-state index is -1.26. The smallest absolute Gasteiger partial charge is 0.150 e. The van der Waals surface area contributed by atoms with Crippen LogP contribution < -0.4 is 4.72 Å². The summed E-state index contributed by atoms with van der Waals surface area (Å²) in [4.78, 5) is 12.0. The van der Waals surface area contributed by atoms with Gasteiger partial charge in [-0.1, -0.05) is 24.3 Å². The second-order valence-corrected chi connectivity index (χ2v) is 9.99. The molecular formula is C16H20FNO2S2. The van der Waals surface area contributed by atoms with Gasteiger partial charge in [0.1, 0.15) is 9.91 Å². The lowest BCUT2D eigenvalue weighted by Gasteiger charge is -2.27. The van der Waals surface area contributed by atoms with E-state index >= 15 is 0 Å². The molecule has 0 aliphatic carbocycles. The first-order chi connectivity index (χ1) is 10.3. The molecular weight excluding hydrogens is 321 g/mol. The number of hydrogen-bond donors (Lipinski definition) is 2. The molecule has 0 fully saturated rings. The Hall–Kier alpha value is -1.08. The zero-order valence-corrected chi connectivity index (χ0v) is 14.5. The van der Waals surface area contributed by atoms with E-state index in [-0.39, 0.29) is 5.16 Å². The number of allylic oxidation sites excluding steroid dienone is 2. The molecule has 1 N–H and O–H groups in total. The molecule has 0 spiro atoms. The van der Waals surface area contributed by atoms with Crippen molar-refractivity contribution in [3.05, 3.63) is 52.7 Å². The van der Waals surface area contributed by atoms with Gasteiger partial charge >= 0.3 is 0 Å². The summed E-state index contributed by atoms with van der Waals surface area (Å²) < 4.78 is 28.7. The largest absolute Gasteiger partial charge is 0.598 e. The minimum absolute atomic E-state index is 0.218. The number of hydrogen-bond acceptors (Lipinski definition) is 3. The molecule has 2 rings (SSSR count). The van der Waals surface area contributed by atoms with Crippen molar-refractivity contribution >= 4 is 33.4 Å². The van der Waals surface area contributed by atoms with Gasteiger partial charge in [0.2, 0.25) is 0 Å². The van der Waals surface area contributed by atoms with Gasteiger partial charge < -0.3 is 4.55 Å². The summed E-state index contributed by atoms with van der Waals surface area (Å²) in [6.07, 6.45) is 3.93. The number of aldehydes is 1. The Kier molecular flexibility index (Phi) is 5.50. The topological polar surface area (TPSA) is 52.2 Å². The Labute approximate surface area is 136 Å². The number of thiol groups is 1. The zero-order valence-electron chi connectivity index (χ0n) is 12.8. The second-order valence-electron chi connectivity index (χ2n) is 5.86. The van der Waals surface area contributed by atoms with Crippen molar-refractivity contribution in [2.24, 2.45) is 0 Å². The van der Waals surface area contributed by atoms with Gasteiger partial charge in [0.15, 0.2) is 6.29 Å². The van der Waals surface area contributed by atoms with Crippen LogP contribution in [0.4, 0.5) is 4.39 Å². The third kappa shape index (κ3) is 3.81. The summed E-state index contributed by atoms with van der Waals surface area (Å²) >= 11 is -1.25. The molecule has 1 heterocycles. The highest BCUT2D eigenvalue weighted by atomic mass is 32.2. The zero-order chi connectivity index (χ0) is 16.3. The van der Waals surface area contributed by atoms with Crippen LogP contribution in [0.5, 0.6) is 0 Å². The number of halogens is 1. The number of nitrogens with one attached hydrogen (secondary N) is 1. The number of rotatable bonds is 5. The predicted molar refractivity (Wildman–Crippen MR) is 93.9 cm³/mol. The Morgan fingerprint density at radius 2 is 2.00 bits per heavy atom. The SMILES string of the molecule is CC(C)(C)[S+]([O-])NC[SH]1C(F)=CC=C1c1ccccc1C=O. The first-order valence-electron chi connectivity index (χ1n) is 6.89. The van der Waals surface area contributed by atoms with Crippen LogP contribution in [0.25, 0.3) is 4.91 Å². The van der Waals surface area contributed by atoms with Crippen LogP contribution in [0.15, 0.2) is 41.6 Å². The van der Waals surface area contributed by atoms with E-state index in [1.807, 2.05) is 32.9 Å². The van der Waals surface area contributed by atoms with Gasteiger partial charge in [-0.3, -0.25) is 4.79 Å². The third-order valence-corrected chi connectivity index (χ3v) is 7.04. The maximum atomic E-state index is 14.1. The molecule has 120 valence electrons. The van der Waals surface area contributed by atoms with E-state index in [2.05, 4.69) is 4.72 Å². The van der Waals surface area contributed by atoms with Crippen molar-refractivity contribution in [3.63, 3.8) is 0 Å². The second kappa shape index (κ2) is 7.00. The van der Waals surface area contributed by atoms with Crippen LogP contribution in [0.3, 0.4) is 0 Å². The predicted octanol–water partition coefficient (Wildman–Crippen LogP) is 3.68. The Morgan fingerprint density at radius 1 is 1.32 bits per heavy atom. The summed E-state index contributed by atoms with van der Waals surface area (Å²) in [5, 5.41) is -0.218. The maximum Gasteiger partial charge on any atom is 0.150 e. The molecule has 0 aromatic heterocycles. The average Bonchev–Trinajstić information content (AvgIpc) is 2.84. The normalized spacial score (nSPS) is 21.2. The Balaban J connectivity index is 2.18. The van der Waals surface area contributed by atoms with Gasteiger partial charge in [-0.25, -0.2) is 4.39 Å². The summed E-state index contributed by atoms with van der Waals surface area (Å²) in [6, 6.07) is 7.14. The molecule has 1 aliphatic heterocycles. The average molecular weight is 341 g/mol. The fourth-order valence-corrected chi connectivity index (χ4v) is 4.98. The lowest BCUT2D eigenvalue weighted by molar-refractivity contribution is 0.112. The molecule has 0 bridgehead atoms. The standard InChI is InChI=1S/C16H20FNO2S2/c1-16(2,3)22(20)18-11-21-14(8-9-15(21)17)13-7-5-4-6-12(13)10-19/h4-10,18,21H,11H2,1-3H3. The van der Waals surface area contributed by atoms with Crippen molar-refractivity contribution in [2.45, 2.75) is 25.5 Å². The highest BCUT2D eigenvalue weighted by molar-refractivity contribution is 8.28. The summed E-state index contributed by atoms with van der Waals surface area (Å²) in [5.41, 5.74) is 1.29. The molecule has 0 radical (unpaired) electrons. The Bertz CT molecular complexity index is 623. The lowest BCUT2D eigenvalue weighted by Crippen LogP contribution is -2.39. The first-order valence-corrected chi connectivity index (χ1v) is 9.57. The molecule has 0 amide bonds. The van der Waals surface area contributed by atoms with E-state index < -0.39 is 27.0 Å². The molecule has 0 saturated heterocycles. The molecule has 3 nitrogen and oxygen atoms in total. The van der Waals surface area contributed by atoms with Crippen molar-refractivity contribution in [2.75, 3.05) is 5.88 Å². The van der Waals surface area contributed by atoms with E-state index in [1.165, 1.54) is 6.08 Å². The summed E-state index contributed by atoms with van der Waals surface area (Å²) in [5.74, 6) is 0.292. The fraction of sp³-hybridized carbons (Fsp3) is 0.312. The fourth-order valence-electron chi connectivity index (χ4n) is 2.01. The van der Waals surface area contributed by atoms with Gasteiger partial charge in [0.05, 0.1) is 5.88 Å². The maximum absolute atomic E-state index is 14.1. The van der Waals surface area contributed by atoms with Gasteiger partial charge in [0.25, 0.3) is 0 Å². The van der Waals surface area contributed by atoms with Crippen molar-refractivity contribution in [3.8, 4) is 0 Å². The lowest BCUT2D eigenvalue weighted by atomic mass is 10.1. The van der Waals surface area contributed by atoms with Gasteiger partial charge in [-0.15, -0.1) is 4.72 Å². The van der Waals surface area contributed by atoms with Crippen LogP contribution >= 0.6 is 10.9 Å². The van der Waals surface area contributed by atoms with E-state index in [9.17, 15) is 13.7 Å². The van der Waals surface area contributed by atoms with Crippen LogP contribution in [0, 0.1) is 0 Å². The minimum Gasteiger partial charge on any atom is -0.598 e. The molecule has 6 heteroatoms. The van der Waals surface area contributed by atoms with E-state index in [1.54, 1.807) is 18.2 Å². The van der Waals surface area contributed by atoms with E-state index in [0.29, 0.717) is 11.4 Å². The molecule has 0 saturated carbocycles. The molecule has 1 aromatic carbocycles. The van der Waals surface area contributed by atoms with Crippen LogP contribution in [-0.4, -0.2) is 21.5 Å². The number of carbonyl (C=O) groups is 1. The van der Waals surface area contributed by atoms with Crippen LogP contribution in [0.1, 0.15) is 36.7 Å². The number of carbonyl (C=O) groups excluding carboxylic acids is 1. The molecule has 2 atom stereocenters. The van der Waals surface area contributed by atoms with E-state index in [4.69, 9.17) is 0 Å². The van der Waals surface area contributed by atoms with Gasteiger partial charge in [-0.2, -0.15) is 10.9 Å². The third-order valence-electron chi connectivity index (χ3n) is 3.20. The molecule has 1 aliphatic rings. The first kappa shape index (κ1) is 17.3. The molecule has 1 aromatic rings. The molecule has 2 unspecified atom stereocenters. The summed E-state index contributed by atoms with van der Waals surface area (Å²) in [7, 11) is -1.26. The van der Waals surface area contributed by atoms with Crippen LogP contribution in [0.2, 0.25) is 0 Å². The summed E-state index contributed by atoms with van der Waals surface area (Å²) in [6.45, 7) is 5.59. The van der Waals surface area contributed by atoms with Gasteiger partial charge in [0, 0.05) is 21.8 Å².